The van der Waals surface area contributed by atoms with Crippen molar-refractivity contribution in [3.05, 3.63) is 106 Å². The third kappa shape index (κ3) is 8.37. The SMILES string of the molecule is Cc1c(NC(=O)c2cc(C3CC3)c(C/N=C/C(CO)C(=O)O)cn2)cccc1-c1cccc(NC(=O)c2cc(C3CC3)c(CN3CCCC3)cn2)c1C. The summed E-state index contributed by atoms with van der Waals surface area (Å²) in [5.74, 6) is -1.96. The normalized spacial score (nSPS) is 16.5. The molecule has 3 fully saturated rings. The van der Waals surface area contributed by atoms with Crippen LogP contribution in [0.25, 0.3) is 11.1 Å². The van der Waals surface area contributed by atoms with E-state index in [0.29, 0.717) is 28.9 Å². The van der Waals surface area contributed by atoms with Crippen LogP contribution in [0.1, 0.15) is 105 Å². The molecule has 274 valence electrons. The van der Waals surface area contributed by atoms with Crippen LogP contribution in [0.4, 0.5) is 11.4 Å². The molecule has 53 heavy (non-hydrogen) atoms. The Hall–Kier alpha value is -5.26. The molecule has 2 aliphatic carbocycles. The number of carbonyl (C=O) groups is 3. The first-order valence-corrected chi connectivity index (χ1v) is 18.6. The highest BCUT2D eigenvalue weighted by molar-refractivity contribution is 6.05. The van der Waals surface area contributed by atoms with Crippen molar-refractivity contribution in [1.29, 1.82) is 0 Å². The number of aliphatic hydroxyl groups excluding tert-OH is 1. The highest BCUT2D eigenvalue weighted by atomic mass is 16.4. The average molecular weight is 715 g/mol. The van der Waals surface area contributed by atoms with Gasteiger partial charge in [0.1, 0.15) is 17.3 Å². The maximum Gasteiger partial charge on any atom is 0.314 e. The molecule has 4 N–H and O–H groups in total. The molecule has 3 aliphatic rings. The number of hydrogen-bond donors (Lipinski definition) is 4. The molecule has 11 nitrogen and oxygen atoms in total. The number of hydrogen-bond acceptors (Lipinski definition) is 8. The molecular formula is C42H46N6O5. The number of aliphatic imine (C=N–C) groups is 1. The Morgan fingerprint density at radius 1 is 0.830 bits per heavy atom. The minimum atomic E-state index is -1.14. The highest BCUT2D eigenvalue weighted by Crippen LogP contribution is 2.43. The van der Waals surface area contributed by atoms with E-state index in [4.69, 9.17) is 0 Å². The number of carboxylic acids is 1. The number of aliphatic carboxylic acids is 1. The first kappa shape index (κ1) is 36.1. The minimum absolute atomic E-state index is 0.216. The van der Waals surface area contributed by atoms with Crippen molar-refractivity contribution in [3.8, 4) is 11.1 Å². The van der Waals surface area contributed by atoms with Gasteiger partial charge in [0, 0.05) is 36.5 Å². The molecule has 11 heteroatoms. The monoisotopic (exact) mass is 714 g/mol. The topological polar surface area (TPSA) is 157 Å². The number of carbonyl (C=O) groups excluding carboxylic acids is 2. The Morgan fingerprint density at radius 3 is 1.83 bits per heavy atom. The van der Waals surface area contributed by atoms with Crippen LogP contribution >= 0.6 is 0 Å². The van der Waals surface area contributed by atoms with Crippen molar-refractivity contribution >= 4 is 35.4 Å². The van der Waals surface area contributed by atoms with Crippen LogP contribution in [0, 0.1) is 19.8 Å². The van der Waals surface area contributed by atoms with E-state index in [1.165, 1.54) is 30.2 Å². The van der Waals surface area contributed by atoms with E-state index in [1.807, 2.05) is 62.5 Å². The average Bonchev–Trinajstić information content (AvgIpc) is 4.10. The maximum absolute atomic E-state index is 13.6. The molecule has 2 aromatic heterocycles. The second kappa shape index (κ2) is 15.8. The molecule has 4 aromatic rings. The van der Waals surface area contributed by atoms with Gasteiger partial charge in [-0.05, 0) is 146 Å². The number of rotatable bonds is 14. The number of aliphatic hydroxyl groups is 1. The number of anilines is 2. The van der Waals surface area contributed by atoms with Crippen molar-refractivity contribution in [1.82, 2.24) is 14.9 Å². The first-order valence-electron chi connectivity index (χ1n) is 18.6. The predicted molar refractivity (Wildman–Crippen MR) is 205 cm³/mol. The lowest BCUT2D eigenvalue weighted by atomic mass is 9.94. The summed E-state index contributed by atoms with van der Waals surface area (Å²) in [4.78, 5) is 54.1. The Morgan fingerprint density at radius 2 is 1.34 bits per heavy atom. The van der Waals surface area contributed by atoms with Gasteiger partial charge < -0.3 is 20.8 Å². The number of amides is 2. The van der Waals surface area contributed by atoms with E-state index in [2.05, 4.69) is 30.5 Å². The fourth-order valence-electron chi connectivity index (χ4n) is 7.21. The fraction of sp³-hybridized carbons (Fsp3) is 0.381. The molecule has 0 radical (unpaired) electrons. The Balaban J connectivity index is 1.06. The van der Waals surface area contributed by atoms with Crippen LogP contribution in [0.15, 0.2) is 65.9 Å². The van der Waals surface area contributed by atoms with E-state index in [9.17, 15) is 24.6 Å². The van der Waals surface area contributed by atoms with Crippen molar-refractivity contribution in [2.75, 3.05) is 30.3 Å². The number of nitrogens with one attached hydrogen (secondary N) is 2. The molecule has 2 aromatic carbocycles. The molecule has 1 saturated heterocycles. The molecule has 0 spiro atoms. The number of carboxylic acid groups (broad SMARTS) is 1. The van der Waals surface area contributed by atoms with Crippen LogP contribution in [-0.4, -0.2) is 68.8 Å². The van der Waals surface area contributed by atoms with E-state index in [0.717, 1.165) is 78.7 Å². The lowest BCUT2D eigenvalue weighted by Crippen LogP contribution is -2.20. The van der Waals surface area contributed by atoms with Crippen LogP contribution < -0.4 is 10.6 Å². The molecule has 1 unspecified atom stereocenters. The van der Waals surface area contributed by atoms with E-state index in [-0.39, 0.29) is 24.1 Å². The summed E-state index contributed by atoms with van der Waals surface area (Å²) in [6.07, 6.45) is 11.6. The van der Waals surface area contributed by atoms with Gasteiger partial charge in [-0.15, -0.1) is 0 Å². The summed E-state index contributed by atoms with van der Waals surface area (Å²) < 4.78 is 0. The summed E-state index contributed by atoms with van der Waals surface area (Å²) in [5.41, 5.74) is 10.0. The summed E-state index contributed by atoms with van der Waals surface area (Å²) >= 11 is 0. The molecule has 7 rings (SSSR count). The lowest BCUT2D eigenvalue weighted by Gasteiger charge is -2.18. The minimum Gasteiger partial charge on any atom is -0.481 e. The van der Waals surface area contributed by atoms with Crippen LogP contribution in [0.3, 0.4) is 0 Å². The van der Waals surface area contributed by atoms with Crippen LogP contribution in [0.2, 0.25) is 0 Å². The molecule has 1 atom stereocenters. The second-order valence-electron chi connectivity index (χ2n) is 14.6. The van der Waals surface area contributed by atoms with Crippen LogP contribution in [0.5, 0.6) is 0 Å². The van der Waals surface area contributed by atoms with Gasteiger partial charge in [-0.25, -0.2) is 0 Å². The third-order valence-electron chi connectivity index (χ3n) is 10.7. The van der Waals surface area contributed by atoms with E-state index < -0.39 is 18.5 Å². The summed E-state index contributed by atoms with van der Waals surface area (Å²) in [6.45, 7) is 6.77. The number of nitrogens with zero attached hydrogens (tertiary/aromatic N) is 4. The smallest absolute Gasteiger partial charge is 0.314 e. The predicted octanol–water partition coefficient (Wildman–Crippen LogP) is 6.88. The molecule has 1 aliphatic heterocycles. The Bertz CT molecular complexity index is 2070. The Labute approximate surface area is 309 Å². The van der Waals surface area contributed by atoms with E-state index >= 15 is 0 Å². The van der Waals surface area contributed by atoms with Gasteiger partial charge in [0.25, 0.3) is 11.8 Å². The van der Waals surface area contributed by atoms with Crippen molar-refractivity contribution in [2.24, 2.45) is 10.9 Å². The summed E-state index contributed by atoms with van der Waals surface area (Å²) in [7, 11) is 0. The zero-order valence-electron chi connectivity index (χ0n) is 30.3. The zero-order valence-corrected chi connectivity index (χ0v) is 30.3. The van der Waals surface area contributed by atoms with Crippen molar-refractivity contribution in [3.63, 3.8) is 0 Å². The fourth-order valence-corrected chi connectivity index (χ4v) is 7.21. The number of aromatic nitrogens is 2. The van der Waals surface area contributed by atoms with Gasteiger partial charge in [0.15, 0.2) is 0 Å². The summed E-state index contributed by atoms with van der Waals surface area (Å²) in [6, 6.07) is 15.4. The third-order valence-corrected chi connectivity index (χ3v) is 10.7. The maximum atomic E-state index is 13.6. The molecule has 2 amide bonds. The van der Waals surface area contributed by atoms with Crippen molar-refractivity contribution < 1.29 is 24.6 Å². The van der Waals surface area contributed by atoms with Crippen molar-refractivity contribution in [2.45, 2.75) is 77.3 Å². The number of likely N-dealkylation sites (tertiary alicyclic amines) is 1. The van der Waals surface area contributed by atoms with Gasteiger partial charge in [-0.2, -0.15) is 0 Å². The standard InChI is InChI=1S/C42H46N6O5/c1-25-32(7-5-9-36(25)46-40(50)38-17-34(27-11-12-27)29(21-44-38)19-43-20-31(24-49)42(52)53)33-8-6-10-37(26(33)2)47-41(51)39-18-35(28-13-14-28)30(22-45-39)23-48-15-3-4-16-48/h5-10,17-18,20-22,27-28,31,49H,3-4,11-16,19,23-24H2,1-2H3,(H,46,50)(H,47,51)(H,52,53)/b43-20+. The van der Waals surface area contributed by atoms with Gasteiger partial charge >= 0.3 is 5.97 Å². The first-order chi connectivity index (χ1) is 25.7. The quantitative estimate of drug-likeness (QED) is 0.103. The highest BCUT2D eigenvalue weighted by Gasteiger charge is 2.29. The Kier molecular flexibility index (Phi) is 10.7. The van der Waals surface area contributed by atoms with Gasteiger partial charge in [0.2, 0.25) is 0 Å². The summed E-state index contributed by atoms with van der Waals surface area (Å²) in [5, 5.41) is 24.6. The number of pyridine rings is 2. The molecular weight excluding hydrogens is 668 g/mol. The van der Waals surface area contributed by atoms with Crippen LogP contribution in [-0.2, 0) is 17.9 Å². The lowest BCUT2D eigenvalue weighted by molar-refractivity contribution is -0.140. The molecule has 2 saturated carbocycles. The number of benzene rings is 2. The van der Waals surface area contributed by atoms with Gasteiger partial charge in [-0.3, -0.25) is 34.2 Å². The largest absolute Gasteiger partial charge is 0.481 e. The molecule has 3 heterocycles. The van der Waals surface area contributed by atoms with Gasteiger partial charge in [0.05, 0.1) is 13.2 Å². The molecule has 0 bridgehead atoms. The second-order valence-corrected chi connectivity index (χ2v) is 14.6. The zero-order chi connectivity index (χ0) is 37.1. The van der Waals surface area contributed by atoms with E-state index in [1.54, 1.807) is 12.3 Å². The van der Waals surface area contributed by atoms with Gasteiger partial charge in [-0.1, -0.05) is 24.3 Å².